The van der Waals surface area contributed by atoms with Gasteiger partial charge < -0.3 is 4.74 Å². The molecule has 0 atom stereocenters. The summed E-state index contributed by atoms with van der Waals surface area (Å²) in [5, 5.41) is 0. The van der Waals surface area contributed by atoms with E-state index >= 15 is 0 Å². The number of hydrogen-bond donors (Lipinski definition) is 0. The lowest BCUT2D eigenvalue weighted by molar-refractivity contribution is 0.101. The van der Waals surface area contributed by atoms with Crippen LogP contribution in [0.25, 0.3) is 11.3 Å². The smallest absolute Gasteiger partial charge is 0.160 e. The van der Waals surface area contributed by atoms with Crippen LogP contribution in [-0.4, -0.2) is 17.9 Å². The minimum atomic E-state index is -0.414. The van der Waals surface area contributed by atoms with E-state index in [1.807, 2.05) is 0 Å². The third-order valence-electron chi connectivity index (χ3n) is 2.61. The van der Waals surface area contributed by atoms with Crippen LogP contribution in [-0.2, 0) is 0 Å². The summed E-state index contributed by atoms with van der Waals surface area (Å²) >= 11 is 0. The Morgan fingerprint density at radius 2 is 2.11 bits per heavy atom. The molecule has 1 aromatic heterocycles. The van der Waals surface area contributed by atoms with Crippen LogP contribution in [0, 0.1) is 5.82 Å². The number of benzene rings is 1. The second-order valence-electron chi connectivity index (χ2n) is 3.80. The zero-order valence-electron chi connectivity index (χ0n) is 10.1. The summed E-state index contributed by atoms with van der Waals surface area (Å²) in [5.74, 6) is -0.0500. The van der Waals surface area contributed by atoms with E-state index in [0.717, 1.165) is 0 Å². The summed E-state index contributed by atoms with van der Waals surface area (Å²) in [6.45, 7) is 1.44. The molecule has 1 heterocycles. The number of pyridine rings is 1. The second-order valence-corrected chi connectivity index (χ2v) is 3.80. The van der Waals surface area contributed by atoms with E-state index in [1.54, 1.807) is 18.3 Å². The molecule has 3 nitrogen and oxygen atoms in total. The summed E-state index contributed by atoms with van der Waals surface area (Å²) in [5.41, 5.74) is 1.33. The van der Waals surface area contributed by atoms with E-state index in [4.69, 9.17) is 4.74 Å². The Morgan fingerprint density at radius 3 is 2.78 bits per heavy atom. The monoisotopic (exact) mass is 245 g/mol. The maximum atomic E-state index is 13.4. The van der Waals surface area contributed by atoms with Crippen LogP contribution in [0.3, 0.4) is 0 Å². The first-order chi connectivity index (χ1) is 8.63. The van der Waals surface area contributed by atoms with Gasteiger partial charge in [-0.05, 0) is 37.3 Å². The summed E-state index contributed by atoms with van der Waals surface area (Å²) in [6, 6.07) is 7.45. The Kier molecular flexibility index (Phi) is 3.37. The average molecular weight is 245 g/mol. The second kappa shape index (κ2) is 4.96. The highest BCUT2D eigenvalue weighted by molar-refractivity contribution is 6.00. The molecule has 2 rings (SSSR count). The molecular formula is C14H12FNO2. The highest BCUT2D eigenvalue weighted by atomic mass is 19.1. The van der Waals surface area contributed by atoms with Gasteiger partial charge in [0.05, 0.1) is 7.11 Å². The number of halogens is 1. The highest BCUT2D eigenvalue weighted by Crippen LogP contribution is 2.30. The van der Waals surface area contributed by atoms with Crippen molar-refractivity contribution in [3.63, 3.8) is 0 Å². The van der Waals surface area contributed by atoms with Gasteiger partial charge in [0.1, 0.15) is 17.3 Å². The molecule has 0 radical (unpaired) electrons. The van der Waals surface area contributed by atoms with Crippen LogP contribution >= 0.6 is 0 Å². The fourth-order valence-corrected chi connectivity index (χ4v) is 1.78. The van der Waals surface area contributed by atoms with Gasteiger partial charge in [-0.1, -0.05) is 0 Å². The minimum absolute atomic E-state index is 0.141. The van der Waals surface area contributed by atoms with Gasteiger partial charge in [0, 0.05) is 17.3 Å². The fraction of sp³-hybridized carbons (Fsp3) is 0.143. The Hall–Kier alpha value is -2.23. The molecule has 0 aliphatic rings. The first kappa shape index (κ1) is 12.2. The van der Waals surface area contributed by atoms with Gasteiger partial charge in [-0.15, -0.1) is 0 Å². The van der Waals surface area contributed by atoms with Crippen molar-refractivity contribution in [2.24, 2.45) is 0 Å². The van der Waals surface area contributed by atoms with Gasteiger partial charge in [0.2, 0.25) is 0 Å². The van der Waals surface area contributed by atoms with Crippen LogP contribution < -0.4 is 4.74 Å². The SMILES string of the molecule is COc1cccnc1-c1cc(F)ccc1C(C)=O. The van der Waals surface area contributed by atoms with Crippen molar-refractivity contribution in [1.82, 2.24) is 4.98 Å². The van der Waals surface area contributed by atoms with Crippen LogP contribution in [0.1, 0.15) is 17.3 Å². The molecule has 0 fully saturated rings. The number of carbonyl (C=O) groups excluding carboxylic acids is 1. The largest absolute Gasteiger partial charge is 0.494 e. The van der Waals surface area contributed by atoms with Crippen molar-refractivity contribution >= 4 is 5.78 Å². The number of carbonyl (C=O) groups is 1. The molecule has 0 spiro atoms. The number of Topliss-reactive ketones (excluding diaryl/α,β-unsaturated/α-hetero) is 1. The van der Waals surface area contributed by atoms with Gasteiger partial charge in [-0.3, -0.25) is 9.78 Å². The Labute approximate surface area is 104 Å². The fourth-order valence-electron chi connectivity index (χ4n) is 1.78. The zero-order valence-corrected chi connectivity index (χ0v) is 10.1. The van der Waals surface area contributed by atoms with E-state index in [1.165, 1.54) is 32.2 Å². The number of ketones is 1. The summed E-state index contributed by atoms with van der Waals surface area (Å²) in [4.78, 5) is 15.7. The average Bonchev–Trinajstić information content (AvgIpc) is 2.38. The number of ether oxygens (including phenoxy) is 1. The number of methoxy groups -OCH3 is 1. The normalized spacial score (nSPS) is 10.2. The van der Waals surface area contributed by atoms with Crippen molar-refractivity contribution in [3.8, 4) is 17.0 Å². The van der Waals surface area contributed by atoms with E-state index in [0.29, 0.717) is 22.6 Å². The molecule has 92 valence electrons. The molecule has 0 aliphatic heterocycles. The maximum Gasteiger partial charge on any atom is 0.160 e. The lowest BCUT2D eigenvalue weighted by Crippen LogP contribution is -2.00. The lowest BCUT2D eigenvalue weighted by Gasteiger charge is -2.10. The van der Waals surface area contributed by atoms with Crippen LogP contribution in [0.2, 0.25) is 0 Å². The molecule has 2 aromatic rings. The topological polar surface area (TPSA) is 39.2 Å². The third-order valence-corrected chi connectivity index (χ3v) is 2.61. The predicted molar refractivity (Wildman–Crippen MR) is 66.2 cm³/mol. The first-order valence-electron chi connectivity index (χ1n) is 5.43. The van der Waals surface area contributed by atoms with Gasteiger partial charge in [0.15, 0.2) is 5.78 Å². The quantitative estimate of drug-likeness (QED) is 0.780. The summed E-state index contributed by atoms with van der Waals surface area (Å²) < 4.78 is 18.5. The summed E-state index contributed by atoms with van der Waals surface area (Å²) in [7, 11) is 1.51. The number of hydrogen-bond acceptors (Lipinski definition) is 3. The first-order valence-corrected chi connectivity index (χ1v) is 5.43. The molecule has 4 heteroatoms. The van der Waals surface area contributed by atoms with Crippen molar-refractivity contribution in [1.29, 1.82) is 0 Å². The molecule has 0 aliphatic carbocycles. The van der Waals surface area contributed by atoms with Crippen LogP contribution in [0.5, 0.6) is 5.75 Å². The van der Waals surface area contributed by atoms with Crippen molar-refractivity contribution in [2.75, 3.05) is 7.11 Å². The highest BCUT2D eigenvalue weighted by Gasteiger charge is 2.15. The molecule has 18 heavy (non-hydrogen) atoms. The van der Waals surface area contributed by atoms with Crippen LogP contribution in [0.4, 0.5) is 4.39 Å². The van der Waals surface area contributed by atoms with Crippen molar-refractivity contribution in [2.45, 2.75) is 6.92 Å². The minimum Gasteiger partial charge on any atom is -0.494 e. The van der Waals surface area contributed by atoms with E-state index in [-0.39, 0.29) is 5.78 Å². The molecule has 0 N–H and O–H groups in total. The third kappa shape index (κ3) is 2.22. The van der Waals surface area contributed by atoms with Crippen molar-refractivity contribution in [3.05, 3.63) is 47.9 Å². The summed E-state index contributed by atoms with van der Waals surface area (Å²) in [6.07, 6.45) is 1.58. The van der Waals surface area contributed by atoms with Gasteiger partial charge in [-0.25, -0.2) is 4.39 Å². The Balaban J connectivity index is 2.69. The Morgan fingerprint density at radius 1 is 1.33 bits per heavy atom. The lowest BCUT2D eigenvalue weighted by atomic mass is 10.0. The molecule has 1 aromatic carbocycles. The van der Waals surface area contributed by atoms with Crippen molar-refractivity contribution < 1.29 is 13.9 Å². The maximum absolute atomic E-state index is 13.4. The molecule has 0 amide bonds. The van der Waals surface area contributed by atoms with E-state index < -0.39 is 5.82 Å². The molecule has 0 bridgehead atoms. The Bertz CT molecular complexity index is 596. The molecular weight excluding hydrogens is 233 g/mol. The van der Waals surface area contributed by atoms with Gasteiger partial charge in [-0.2, -0.15) is 0 Å². The van der Waals surface area contributed by atoms with E-state index in [9.17, 15) is 9.18 Å². The molecule has 0 saturated heterocycles. The van der Waals surface area contributed by atoms with Crippen LogP contribution in [0.15, 0.2) is 36.5 Å². The molecule has 0 saturated carbocycles. The zero-order chi connectivity index (χ0) is 13.1. The molecule has 0 unspecified atom stereocenters. The standard InChI is InChI=1S/C14H12FNO2/c1-9(17)11-6-5-10(15)8-12(11)14-13(18-2)4-3-7-16-14/h3-8H,1-2H3. The number of nitrogens with zero attached hydrogens (tertiary/aromatic N) is 1. The van der Waals surface area contributed by atoms with Gasteiger partial charge in [0.25, 0.3) is 0 Å². The number of rotatable bonds is 3. The number of aromatic nitrogens is 1. The van der Waals surface area contributed by atoms with E-state index in [2.05, 4.69) is 4.98 Å². The van der Waals surface area contributed by atoms with Gasteiger partial charge >= 0.3 is 0 Å². The predicted octanol–water partition coefficient (Wildman–Crippen LogP) is 3.10.